The van der Waals surface area contributed by atoms with Crippen LogP contribution in [0.3, 0.4) is 0 Å². The first-order chi connectivity index (χ1) is 13.3. The van der Waals surface area contributed by atoms with Gasteiger partial charge < -0.3 is 10.0 Å². The number of anilines is 1. The summed E-state index contributed by atoms with van der Waals surface area (Å²) in [6, 6.07) is 28.1. The van der Waals surface area contributed by atoms with Crippen LogP contribution >= 0.6 is 0 Å². The molecule has 0 unspecified atom stereocenters. The van der Waals surface area contributed by atoms with Gasteiger partial charge in [0.1, 0.15) is 5.71 Å². The molecule has 3 aromatic rings. The van der Waals surface area contributed by atoms with E-state index in [2.05, 4.69) is 10.2 Å². The van der Waals surface area contributed by atoms with Gasteiger partial charge in [0, 0.05) is 30.4 Å². The van der Waals surface area contributed by atoms with E-state index in [9.17, 15) is 0 Å². The molecular formula is C23H23N3O. The molecule has 4 heteroatoms. The van der Waals surface area contributed by atoms with Gasteiger partial charge in [-0.15, -0.1) is 5.10 Å². The number of likely N-dealkylation sites (N-methyl/N-ethyl adjacent to an activating group) is 1. The van der Waals surface area contributed by atoms with Crippen molar-refractivity contribution in [3.63, 3.8) is 0 Å². The van der Waals surface area contributed by atoms with Crippen LogP contribution in [-0.4, -0.2) is 37.2 Å². The molecule has 0 bridgehead atoms. The van der Waals surface area contributed by atoms with E-state index in [1.807, 2.05) is 96.9 Å². The highest BCUT2D eigenvalue weighted by Crippen LogP contribution is 2.13. The van der Waals surface area contributed by atoms with E-state index < -0.39 is 0 Å². The normalized spacial score (nSPS) is 10.7. The Morgan fingerprint density at radius 2 is 1.41 bits per heavy atom. The van der Waals surface area contributed by atoms with Crippen molar-refractivity contribution in [3.05, 3.63) is 102 Å². The van der Waals surface area contributed by atoms with Crippen molar-refractivity contribution in [3.8, 4) is 0 Å². The minimum atomic E-state index is 0.135. The highest BCUT2D eigenvalue weighted by atomic mass is 16.3. The summed E-state index contributed by atoms with van der Waals surface area (Å²) < 4.78 is 0. The van der Waals surface area contributed by atoms with Crippen molar-refractivity contribution in [2.24, 2.45) is 10.2 Å². The lowest BCUT2D eigenvalue weighted by Gasteiger charge is -2.17. The van der Waals surface area contributed by atoms with Gasteiger partial charge >= 0.3 is 0 Å². The van der Waals surface area contributed by atoms with Gasteiger partial charge in [-0.2, -0.15) is 5.10 Å². The van der Waals surface area contributed by atoms with Crippen LogP contribution in [0.1, 0.15) is 16.7 Å². The maximum Gasteiger partial charge on any atom is 0.100 e. The summed E-state index contributed by atoms with van der Waals surface area (Å²) in [5, 5.41) is 17.8. The van der Waals surface area contributed by atoms with Crippen molar-refractivity contribution in [2.45, 2.75) is 0 Å². The molecule has 4 nitrogen and oxygen atoms in total. The number of benzene rings is 3. The second-order valence-corrected chi connectivity index (χ2v) is 6.16. The number of rotatable bonds is 7. The Morgan fingerprint density at radius 3 is 1.93 bits per heavy atom. The molecule has 1 N–H and O–H groups in total. The minimum Gasteiger partial charge on any atom is -0.395 e. The Bertz CT molecular complexity index is 846. The molecule has 0 aliphatic heterocycles. The van der Waals surface area contributed by atoms with E-state index in [0.717, 1.165) is 28.1 Å². The van der Waals surface area contributed by atoms with Crippen LogP contribution in [0.4, 0.5) is 5.69 Å². The van der Waals surface area contributed by atoms with Crippen LogP contribution in [0.2, 0.25) is 0 Å². The fourth-order valence-electron chi connectivity index (χ4n) is 2.72. The maximum absolute atomic E-state index is 9.03. The second-order valence-electron chi connectivity index (χ2n) is 6.16. The van der Waals surface area contributed by atoms with Gasteiger partial charge in [-0.1, -0.05) is 72.8 Å². The predicted octanol–water partition coefficient (Wildman–Crippen LogP) is 3.99. The Labute approximate surface area is 160 Å². The Balaban J connectivity index is 1.82. The van der Waals surface area contributed by atoms with Gasteiger partial charge in [-0.25, -0.2) is 0 Å². The van der Waals surface area contributed by atoms with Crippen molar-refractivity contribution >= 4 is 17.6 Å². The first kappa shape index (κ1) is 18.5. The van der Waals surface area contributed by atoms with Gasteiger partial charge in [0.15, 0.2) is 0 Å². The predicted molar refractivity (Wildman–Crippen MR) is 113 cm³/mol. The summed E-state index contributed by atoms with van der Waals surface area (Å²) in [7, 11) is 1.95. The van der Waals surface area contributed by atoms with Crippen LogP contribution in [0.15, 0.2) is 95.1 Å². The fourth-order valence-corrected chi connectivity index (χ4v) is 2.72. The molecule has 3 rings (SSSR count). The maximum atomic E-state index is 9.03. The largest absolute Gasteiger partial charge is 0.395 e. The lowest BCUT2D eigenvalue weighted by molar-refractivity contribution is 0.304. The molecule has 0 spiro atoms. The van der Waals surface area contributed by atoms with E-state index in [1.165, 1.54) is 0 Å². The van der Waals surface area contributed by atoms with E-state index in [4.69, 9.17) is 5.11 Å². The number of aliphatic hydroxyl groups excluding tert-OH is 1. The van der Waals surface area contributed by atoms with E-state index >= 15 is 0 Å². The molecule has 0 aliphatic carbocycles. The molecule has 0 saturated carbocycles. The van der Waals surface area contributed by atoms with Gasteiger partial charge in [-0.05, 0) is 17.7 Å². The first-order valence-corrected chi connectivity index (χ1v) is 8.92. The van der Waals surface area contributed by atoms with Crippen molar-refractivity contribution in [1.82, 2.24) is 0 Å². The molecule has 0 aromatic heterocycles. The first-order valence-electron chi connectivity index (χ1n) is 8.92. The summed E-state index contributed by atoms with van der Waals surface area (Å²) in [5.41, 5.74) is 4.93. The fraction of sp³-hybridized carbons (Fsp3) is 0.130. The van der Waals surface area contributed by atoms with E-state index in [1.54, 1.807) is 6.21 Å². The zero-order valence-corrected chi connectivity index (χ0v) is 15.4. The topological polar surface area (TPSA) is 48.2 Å². The van der Waals surface area contributed by atoms with Crippen LogP contribution < -0.4 is 4.90 Å². The zero-order chi connectivity index (χ0) is 18.9. The van der Waals surface area contributed by atoms with Crippen LogP contribution in [-0.2, 0) is 0 Å². The van der Waals surface area contributed by atoms with Crippen molar-refractivity contribution in [1.29, 1.82) is 0 Å². The molecule has 0 atom stereocenters. The Kier molecular flexibility index (Phi) is 6.50. The highest BCUT2D eigenvalue weighted by molar-refractivity contribution is 6.12. The summed E-state index contributed by atoms with van der Waals surface area (Å²) in [6.07, 6.45) is 1.75. The zero-order valence-electron chi connectivity index (χ0n) is 15.4. The van der Waals surface area contributed by atoms with Crippen molar-refractivity contribution < 1.29 is 5.11 Å². The Hall–Kier alpha value is -3.24. The van der Waals surface area contributed by atoms with Gasteiger partial charge in [0.2, 0.25) is 0 Å². The van der Waals surface area contributed by atoms with Crippen LogP contribution in [0, 0.1) is 0 Å². The number of nitrogens with zero attached hydrogens (tertiary/aromatic N) is 3. The third-order valence-corrected chi connectivity index (χ3v) is 4.23. The van der Waals surface area contributed by atoms with Gasteiger partial charge in [-0.3, -0.25) is 0 Å². The standard InChI is InChI=1S/C23H23N3O/c1-26(16-17-27)22-14-12-19(13-15-22)18-24-25-23(20-8-4-2-5-9-20)21-10-6-3-7-11-21/h2-15,18,27H,16-17H2,1H3/b24-18-. The molecular weight excluding hydrogens is 334 g/mol. The highest BCUT2D eigenvalue weighted by Gasteiger charge is 2.05. The molecule has 0 aliphatic rings. The molecule has 0 saturated heterocycles. The SMILES string of the molecule is CN(CCO)c1ccc(/C=N\N=C(c2ccccc2)c2ccccc2)cc1. The average Bonchev–Trinajstić information content (AvgIpc) is 2.73. The quantitative estimate of drug-likeness (QED) is 0.513. The molecule has 0 heterocycles. The number of hydrogen-bond donors (Lipinski definition) is 1. The van der Waals surface area contributed by atoms with Gasteiger partial charge in [0.25, 0.3) is 0 Å². The molecule has 3 aromatic carbocycles. The molecule has 0 amide bonds. The monoisotopic (exact) mass is 357 g/mol. The summed E-state index contributed by atoms with van der Waals surface area (Å²) >= 11 is 0. The number of hydrogen-bond acceptors (Lipinski definition) is 4. The van der Waals surface area contributed by atoms with Crippen molar-refractivity contribution in [2.75, 3.05) is 25.1 Å². The number of aliphatic hydroxyl groups is 1. The molecule has 0 radical (unpaired) electrons. The molecule has 0 fully saturated rings. The summed E-state index contributed by atoms with van der Waals surface area (Å²) in [4.78, 5) is 2.00. The molecule has 27 heavy (non-hydrogen) atoms. The minimum absolute atomic E-state index is 0.135. The van der Waals surface area contributed by atoms with E-state index in [-0.39, 0.29) is 6.61 Å². The Morgan fingerprint density at radius 1 is 0.852 bits per heavy atom. The summed E-state index contributed by atoms with van der Waals surface area (Å²) in [5.74, 6) is 0. The molecule has 136 valence electrons. The third-order valence-electron chi connectivity index (χ3n) is 4.23. The van der Waals surface area contributed by atoms with Crippen LogP contribution in [0.25, 0.3) is 0 Å². The average molecular weight is 357 g/mol. The van der Waals surface area contributed by atoms with Gasteiger partial charge in [0.05, 0.1) is 12.8 Å². The summed E-state index contributed by atoms with van der Waals surface area (Å²) in [6.45, 7) is 0.741. The second kappa shape index (κ2) is 9.46. The van der Waals surface area contributed by atoms with E-state index in [0.29, 0.717) is 6.54 Å². The van der Waals surface area contributed by atoms with Crippen LogP contribution in [0.5, 0.6) is 0 Å². The lowest BCUT2D eigenvalue weighted by atomic mass is 10.0. The third kappa shape index (κ3) is 5.12. The smallest absolute Gasteiger partial charge is 0.100 e. The lowest BCUT2D eigenvalue weighted by Crippen LogP contribution is -2.20.